The number of H-pyrrole nitrogens is 1. The summed E-state index contributed by atoms with van der Waals surface area (Å²) in [5, 5.41) is 13.2. The van der Waals surface area contributed by atoms with Gasteiger partial charge in [-0.05, 0) is 24.3 Å². The lowest BCUT2D eigenvalue weighted by molar-refractivity contribution is 0.106. The molecule has 3 aromatic rings. The highest BCUT2D eigenvalue weighted by molar-refractivity contribution is 5.80. The Hall–Kier alpha value is -3.10. The smallest absolute Gasteiger partial charge is 0.266 e. The van der Waals surface area contributed by atoms with Crippen molar-refractivity contribution in [2.75, 3.05) is 33.4 Å². The van der Waals surface area contributed by atoms with Gasteiger partial charge < -0.3 is 29.6 Å². The Morgan fingerprint density at radius 1 is 1.11 bits per heavy atom. The third-order valence-electron chi connectivity index (χ3n) is 3.98. The summed E-state index contributed by atoms with van der Waals surface area (Å²) in [5.74, 6) is 1.87. The molecule has 1 heterocycles. The second-order valence-electron chi connectivity index (χ2n) is 6.07. The highest BCUT2D eigenvalue weighted by Gasteiger charge is 2.09. The van der Waals surface area contributed by atoms with E-state index in [1.807, 2.05) is 24.3 Å². The first-order valence-corrected chi connectivity index (χ1v) is 8.93. The molecule has 0 aliphatic heterocycles. The molecule has 3 N–H and O–H groups in total. The van der Waals surface area contributed by atoms with E-state index in [4.69, 9.17) is 14.2 Å². The van der Waals surface area contributed by atoms with Crippen molar-refractivity contribution in [3.05, 3.63) is 59.0 Å². The van der Waals surface area contributed by atoms with Gasteiger partial charge in [0.05, 0.1) is 18.8 Å². The van der Waals surface area contributed by atoms with Gasteiger partial charge in [0.1, 0.15) is 30.6 Å². The number of rotatable bonds is 10. The van der Waals surface area contributed by atoms with Crippen LogP contribution in [0.2, 0.25) is 0 Å². The maximum atomic E-state index is 11.3. The zero-order valence-electron chi connectivity index (χ0n) is 15.6. The zero-order valence-corrected chi connectivity index (χ0v) is 15.6. The van der Waals surface area contributed by atoms with Crippen LogP contribution in [0.15, 0.2) is 53.5 Å². The van der Waals surface area contributed by atoms with Crippen LogP contribution in [0.1, 0.15) is 0 Å². The van der Waals surface area contributed by atoms with Crippen LogP contribution in [0.5, 0.6) is 17.2 Å². The van der Waals surface area contributed by atoms with Crippen LogP contribution in [0.3, 0.4) is 0 Å². The first-order valence-electron chi connectivity index (χ1n) is 8.93. The minimum atomic E-state index is -0.704. The molecule has 0 bridgehead atoms. The molecule has 1 aromatic heterocycles. The van der Waals surface area contributed by atoms with Gasteiger partial charge in [-0.3, -0.25) is 4.79 Å². The molecule has 2 aromatic carbocycles. The Morgan fingerprint density at radius 2 is 1.89 bits per heavy atom. The SMILES string of the molecule is COc1ccccc1OCCNCC(O)COc1cccc2[nH]c(=O)cnc12. The van der Waals surface area contributed by atoms with E-state index in [1.54, 1.807) is 25.3 Å². The van der Waals surface area contributed by atoms with Crippen LogP contribution >= 0.6 is 0 Å². The van der Waals surface area contributed by atoms with E-state index in [-0.39, 0.29) is 12.2 Å². The van der Waals surface area contributed by atoms with Crippen LogP contribution in [0.4, 0.5) is 0 Å². The molecular formula is C20H23N3O5. The van der Waals surface area contributed by atoms with Crippen molar-refractivity contribution in [3.8, 4) is 17.2 Å². The molecule has 1 unspecified atom stereocenters. The largest absolute Gasteiger partial charge is 0.493 e. The molecule has 0 amide bonds. The van der Waals surface area contributed by atoms with Gasteiger partial charge in [0.15, 0.2) is 11.5 Å². The summed E-state index contributed by atoms with van der Waals surface area (Å²) >= 11 is 0. The Morgan fingerprint density at radius 3 is 2.71 bits per heavy atom. The van der Waals surface area contributed by atoms with Crippen LogP contribution in [0, 0.1) is 0 Å². The summed E-state index contributed by atoms with van der Waals surface area (Å²) in [7, 11) is 1.60. The van der Waals surface area contributed by atoms with Gasteiger partial charge in [0.25, 0.3) is 5.56 Å². The van der Waals surface area contributed by atoms with Crippen molar-refractivity contribution in [2.24, 2.45) is 0 Å². The average molecular weight is 385 g/mol. The number of ether oxygens (including phenoxy) is 3. The van der Waals surface area contributed by atoms with Crippen molar-refractivity contribution in [1.29, 1.82) is 0 Å². The van der Waals surface area contributed by atoms with Gasteiger partial charge in [-0.25, -0.2) is 4.98 Å². The monoisotopic (exact) mass is 385 g/mol. The zero-order chi connectivity index (χ0) is 19.8. The fraction of sp³-hybridized carbons (Fsp3) is 0.300. The molecule has 0 saturated carbocycles. The van der Waals surface area contributed by atoms with Crippen molar-refractivity contribution in [1.82, 2.24) is 15.3 Å². The van der Waals surface area contributed by atoms with Gasteiger partial charge >= 0.3 is 0 Å². The van der Waals surface area contributed by atoms with E-state index in [2.05, 4.69) is 15.3 Å². The molecule has 1 atom stereocenters. The topological polar surface area (TPSA) is 106 Å². The lowest BCUT2D eigenvalue weighted by Crippen LogP contribution is -2.33. The van der Waals surface area contributed by atoms with E-state index in [0.717, 1.165) is 0 Å². The maximum absolute atomic E-state index is 11.3. The molecule has 28 heavy (non-hydrogen) atoms. The summed E-state index contributed by atoms with van der Waals surface area (Å²) in [5.41, 5.74) is 0.864. The predicted octanol–water partition coefficient (Wildman–Crippen LogP) is 1.34. The van der Waals surface area contributed by atoms with E-state index in [9.17, 15) is 9.90 Å². The molecule has 0 aliphatic carbocycles. The van der Waals surface area contributed by atoms with Crippen molar-refractivity contribution < 1.29 is 19.3 Å². The fourth-order valence-electron chi connectivity index (χ4n) is 2.65. The molecule has 0 spiro atoms. The Labute approximate surface area is 162 Å². The molecule has 8 nitrogen and oxygen atoms in total. The number of aromatic nitrogens is 2. The van der Waals surface area contributed by atoms with Crippen molar-refractivity contribution in [2.45, 2.75) is 6.10 Å². The summed E-state index contributed by atoms with van der Waals surface area (Å²) in [6, 6.07) is 12.7. The molecule has 0 saturated heterocycles. The Balaban J connectivity index is 1.40. The predicted molar refractivity (Wildman–Crippen MR) is 105 cm³/mol. The highest BCUT2D eigenvalue weighted by Crippen LogP contribution is 2.25. The number of aromatic amines is 1. The summed E-state index contributed by atoms with van der Waals surface area (Å²) in [6.45, 7) is 1.45. The number of nitrogens with one attached hydrogen (secondary N) is 2. The number of hydrogen-bond donors (Lipinski definition) is 3. The molecule has 8 heteroatoms. The van der Waals surface area contributed by atoms with Crippen molar-refractivity contribution in [3.63, 3.8) is 0 Å². The van der Waals surface area contributed by atoms with Gasteiger partial charge in [-0.1, -0.05) is 18.2 Å². The lowest BCUT2D eigenvalue weighted by Gasteiger charge is -2.15. The standard InChI is InChI=1S/C20H23N3O5/c1-26-16-6-2-3-7-17(16)27-10-9-21-11-14(24)13-28-18-8-4-5-15-20(18)22-12-19(25)23-15/h2-8,12,14,21,24H,9-11,13H2,1H3,(H,23,25). The number of methoxy groups -OCH3 is 1. The number of nitrogens with zero attached hydrogens (tertiary/aromatic N) is 1. The number of aliphatic hydroxyl groups is 1. The lowest BCUT2D eigenvalue weighted by atomic mass is 10.3. The third-order valence-corrected chi connectivity index (χ3v) is 3.98. The number of hydrogen-bond acceptors (Lipinski definition) is 7. The average Bonchev–Trinajstić information content (AvgIpc) is 2.72. The number of aliphatic hydroxyl groups excluding tert-OH is 1. The van der Waals surface area contributed by atoms with E-state index >= 15 is 0 Å². The molecule has 0 radical (unpaired) electrons. The number of fused-ring (bicyclic) bond motifs is 1. The number of benzene rings is 2. The van der Waals surface area contributed by atoms with Gasteiger partial charge in [0.2, 0.25) is 0 Å². The molecule has 3 rings (SSSR count). The fourth-order valence-corrected chi connectivity index (χ4v) is 2.65. The van der Waals surface area contributed by atoms with E-state index < -0.39 is 6.10 Å². The molecular weight excluding hydrogens is 362 g/mol. The number of para-hydroxylation sites is 3. The van der Waals surface area contributed by atoms with Crippen molar-refractivity contribution >= 4 is 11.0 Å². The minimum absolute atomic E-state index is 0.0975. The Kier molecular flexibility index (Phi) is 6.83. The second-order valence-corrected chi connectivity index (χ2v) is 6.07. The van der Waals surface area contributed by atoms with Gasteiger partial charge in [0, 0.05) is 13.1 Å². The Bertz CT molecular complexity index is 960. The third kappa shape index (κ3) is 5.21. The van der Waals surface area contributed by atoms with Crippen LogP contribution in [0.25, 0.3) is 11.0 Å². The van der Waals surface area contributed by atoms with Crippen LogP contribution in [-0.4, -0.2) is 54.6 Å². The van der Waals surface area contributed by atoms with E-state index in [1.165, 1.54) is 6.20 Å². The highest BCUT2D eigenvalue weighted by atomic mass is 16.5. The maximum Gasteiger partial charge on any atom is 0.266 e. The van der Waals surface area contributed by atoms with Crippen LogP contribution < -0.4 is 25.1 Å². The quantitative estimate of drug-likeness (QED) is 0.452. The molecule has 0 fully saturated rings. The first kappa shape index (κ1) is 19.7. The summed E-state index contributed by atoms with van der Waals surface area (Å²) in [4.78, 5) is 18.1. The van der Waals surface area contributed by atoms with Gasteiger partial charge in [-0.15, -0.1) is 0 Å². The first-order chi connectivity index (χ1) is 13.7. The van der Waals surface area contributed by atoms with E-state index in [0.29, 0.717) is 48.0 Å². The second kappa shape index (κ2) is 9.72. The molecule has 0 aliphatic rings. The summed E-state index contributed by atoms with van der Waals surface area (Å²) in [6.07, 6.45) is 0.499. The normalized spacial score (nSPS) is 11.9. The van der Waals surface area contributed by atoms with Crippen LogP contribution in [-0.2, 0) is 0 Å². The summed E-state index contributed by atoms with van der Waals surface area (Å²) < 4.78 is 16.5. The minimum Gasteiger partial charge on any atom is -0.493 e. The van der Waals surface area contributed by atoms with Gasteiger partial charge in [-0.2, -0.15) is 0 Å². The molecule has 148 valence electrons.